The number of aromatic nitrogens is 2. The monoisotopic (exact) mass is 228 g/mol. The van der Waals surface area contributed by atoms with Crippen LogP contribution in [0.2, 0.25) is 0 Å². The van der Waals surface area contributed by atoms with Gasteiger partial charge in [-0.05, 0) is 13.0 Å². The molecule has 1 aromatic heterocycles. The molecule has 1 heterocycles. The third-order valence-corrected chi connectivity index (χ3v) is 1.55. The molecule has 0 N–H and O–H groups in total. The fourth-order valence-electron chi connectivity index (χ4n) is 0.880. The van der Waals surface area contributed by atoms with Crippen molar-refractivity contribution in [2.45, 2.75) is 6.92 Å². The first-order valence-corrected chi connectivity index (χ1v) is 4.51. The topological polar surface area (TPSA) is 92.2 Å². The van der Waals surface area contributed by atoms with Crippen LogP contribution in [0.15, 0.2) is 24.7 Å². The van der Waals surface area contributed by atoms with Gasteiger partial charge in [-0.15, -0.1) is 0 Å². The van der Waals surface area contributed by atoms with Crippen molar-refractivity contribution >= 4 is 17.5 Å². The van der Waals surface area contributed by atoms with Gasteiger partial charge in [-0.25, -0.2) is 4.79 Å². The van der Waals surface area contributed by atoms with Crippen molar-refractivity contribution in [1.82, 2.24) is 9.97 Å². The summed E-state index contributed by atoms with van der Waals surface area (Å²) in [7, 11) is 0. The first-order chi connectivity index (χ1) is 7.65. The van der Waals surface area contributed by atoms with Crippen molar-refractivity contribution in [2.75, 3.05) is 6.61 Å². The Morgan fingerprint density at radius 2 is 2.18 bits per heavy atom. The Morgan fingerprint density at radius 3 is 2.71 bits per heavy atom. The van der Waals surface area contributed by atoms with Crippen molar-refractivity contribution in [1.29, 1.82) is 0 Å². The molecule has 1 rings (SSSR count). The molecular weight excluding hydrogens is 219 g/mol. The van der Waals surface area contributed by atoms with E-state index in [1.165, 1.54) is 18.6 Å². The van der Waals surface area contributed by atoms with Crippen LogP contribution in [0.3, 0.4) is 0 Å². The molecule has 0 aliphatic rings. The number of nitrogens with zero attached hydrogens (tertiary/aromatic N) is 2. The molecule has 1 aromatic rings. The van der Waals surface area contributed by atoms with Gasteiger partial charge < -0.3 is 9.84 Å². The Bertz CT molecular complexity index is 420. The number of esters is 1. The normalized spacial score (nSPS) is 10.3. The second-order valence-electron chi connectivity index (χ2n) is 2.68. The van der Waals surface area contributed by atoms with Crippen molar-refractivity contribution < 1.29 is 38.3 Å². The van der Waals surface area contributed by atoms with Gasteiger partial charge in [0.25, 0.3) is 5.78 Å². The molecule has 7 heteroatoms. The van der Waals surface area contributed by atoms with Crippen LogP contribution in [0.1, 0.15) is 12.6 Å². The molecule has 0 fully saturated rings. The Labute approximate surface area is 110 Å². The summed E-state index contributed by atoms with van der Waals surface area (Å²) >= 11 is 0. The van der Waals surface area contributed by atoms with Gasteiger partial charge in [0.05, 0.1) is 18.5 Å². The van der Waals surface area contributed by atoms with Crippen LogP contribution in [0.25, 0.3) is 5.76 Å². The summed E-state index contributed by atoms with van der Waals surface area (Å²) in [6, 6.07) is 0. The summed E-state index contributed by atoms with van der Waals surface area (Å²) < 4.78 is 4.43. The molecule has 0 aliphatic heterocycles. The van der Waals surface area contributed by atoms with E-state index in [9.17, 15) is 14.7 Å². The van der Waals surface area contributed by atoms with Gasteiger partial charge in [0.1, 0.15) is 0 Å². The van der Waals surface area contributed by atoms with E-state index in [4.69, 9.17) is 0 Å². The van der Waals surface area contributed by atoms with Crippen LogP contribution < -0.4 is 24.0 Å². The number of carbonyl (C=O) groups is 2. The van der Waals surface area contributed by atoms with Gasteiger partial charge in [-0.2, -0.15) is 0 Å². The van der Waals surface area contributed by atoms with Crippen molar-refractivity contribution in [2.24, 2.45) is 0 Å². The summed E-state index contributed by atoms with van der Waals surface area (Å²) in [6.45, 7) is 1.65. The van der Waals surface area contributed by atoms with E-state index in [1.807, 2.05) is 0 Å². The van der Waals surface area contributed by atoms with Gasteiger partial charge >= 0.3 is 24.8 Å². The van der Waals surface area contributed by atoms with E-state index < -0.39 is 17.5 Å². The fraction of sp³-hybridized carbons (Fsp3) is 0.200. The molecule has 0 amide bonds. The Hall–Kier alpha value is -1.64. The standard InChI is InChI=1S/C10H10N2O4.Li/c1-2-16-10(15)9(14)5-8(13)7-6-11-3-4-12-7;/h3-6,13H,2H2,1H3;/q;+1/p-1. The maximum absolute atomic E-state index is 11.4. The minimum Gasteiger partial charge on any atom is -0.871 e. The molecule has 6 nitrogen and oxygen atoms in total. The molecular formula is C10H9LiN2O4. The largest absolute Gasteiger partial charge is 1.00 e. The molecule has 84 valence electrons. The van der Waals surface area contributed by atoms with E-state index in [2.05, 4.69) is 14.7 Å². The Balaban J connectivity index is 0.00000256. The van der Waals surface area contributed by atoms with Crippen LogP contribution in [-0.4, -0.2) is 28.3 Å². The summed E-state index contributed by atoms with van der Waals surface area (Å²) in [5, 5.41) is 11.4. The maximum Gasteiger partial charge on any atom is 1.00 e. The number of rotatable bonds is 4. The number of carbonyl (C=O) groups excluding carboxylic acids is 2. The van der Waals surface area contributed by atoms with Crippen LogP contribution in [-0.2, 0) is 14.3 Å². The van der Waals surface area contributed by atoms with Crippen molar-refractivity contribution in [3.63, 3.8) is 0 Å². The molecule has 0 aromatic carbocycles. The van der Waals surface area contributed by atoms with Gasteiger partial charge in [0, 0.05) is 12.4 Å². The van der Waals surface area contributed by atoms with Crippen LogP contribution in [0.4, 0.5) is 0 Å². The molecule has 0 unspecified atom stereocenters. The number of ether oxygens (including phenoxy) is 1. The molecule has 0 aliphatic carbocycles. The van der Waals surface area contributed by atoms with E-state index >= 15 is 0 Å². The molecule has 0 saturated carbocycles. The average molecular weight is 228 g/mol. The minimum atomic E-state index is -1.06. The smallest absolute Gasteiger partial charge is 0.871 e. The van der Waals surface area contributed by atoms with E-state index in [0.717, 1.165) is 0 Å². The summed E-state index contributed by atoms with van der Waals surface area (Å²) in [5.41, 5.74) is 0.000137. The second kappa shape index (κ2) is 7.60. The molecule has 0 saturated heterocycles. The zero-order chi connectivity index (χ0) is 12.0. The second-order valence-corrected chi connectivity index (χ2v) is 2.68. The number of hydrogen-bond donors (Lipinski definition) is 0. The third-order valence-electron chi connectivity index (χ3n) is 1.55. The predicted octanol–water partition coefficient (Wildman–Crippen LogP) is -3.69. The third kappa shape index (κ3) is 4.81. The van der Waals surface area contributed by atoms with Crippen LogP contribution in [0.5, 0.6) is 0 Å². The van der Waals surface area contributed by atoms with Gasteiger partial charge in [-0.3, -0.25) is 14.8 Å². The van der Waals surface area contributed by atoms with Crippen molar-refractivity contribution in [3.8, 4) is 0 Å². The first-order valence-electron chi connectivity index (χ1n) is 4.51. The van der Waals surface area contributed by atoms with Crippen molar-refractivity contribution in [3.05, 3.63) is 30.4 Å². The van der Waals surface area contributed by atoms with Crippen LogP contribution in [0, 0.1) is 0 Å². The minimum absolute atomic E-state index is 0. The van der Waals surface area contributed by atoms with Gasteiger partial charge in [0.2, 0.25) is 0 Å². The zero-order valence-corrected chi connectivity index (χ0v) is 9.54. The quantitative estimate of drug-likeness (QED) is 0.173. The number of hydrogen-bond acceptors (Lipinski definition) is 6. The SMILES string of the molecule is CCOC(=O)C(=O)C=C([O-])c1cnccn1.[Li+]. The average Bonchev–Trinajstić information content (AvgIpc) is 2.30. The Kier molecular flexibility index (Phi) is 6.87. The predicted molar refractivity (Wildman–Crippen MR) is 51.6 cm³/mol. The number of ketones is 1. The van der Waals surface area contributed by atoms with Gasteiger partial charge in [-0.1, -0.05) is 5.76 Å². The van der Waals surface area contributed by atoms with E-state index in [1.54, 1.807) is 6.92 Å². The van der Waals surface area contributed by atoms with Gasteiger partial charge in [0.15, 0.2) is 0 Å². The summed E-state index contributed by atoms with van der Waals surface area (Å²) in [6.07, 6.45) is 4.55. The molecule has 0 atom stereocenters. The zero-order valence-electron chi connectivity index (χ0n) is 9.54. The molecule has 0 radical (unpaired) electrons. The van der Waals surface area contributed by atoms with E-state index in [-0.39, 0.29) is 31.2 Å². The maximum atomic E-state index is 11.4. The summed E-state index contributed by atoms with van der Waals surface area (Å²) in [4.78, 5) is 29.4. The molecule has 0 spiro atoms. The fourth-order valence-corrected chi connectivity index (χ4v) is 0.880. The Morgan fingerprint density at radius 1 is 1.47 bits per heavy atom. The van der Waals surface area contributed by atoms with Crippen LogP contribution >= 0.6 is 0 Å². The first kappa shape index (κ1) is 15.4. The van der Waals surface area contributed by atoms with E-state index in [0.29, 0.717) is 6.08 Å². The summed E-state index contributed by atoms with van der Waals surface area (Å²) in [5.74, 6) is -2.73. The molecule has 0 bridgehead atoms. The molecule has 17 heavy (non-hydrogen) atoms.